The molecule has 0 saturated heterocycles. The highest BCUT2D eigenvalue weighted by atomic mass is 79.9. The maximum atomic E-state index is 12.5. The number of halogens is 4. The minimum Gasteiger partial charge on any atom is -0.404 e. The van der Waals surface area contributed by atoms with Crippen molar-refractivity contribution >= 4 is 26.0 Å². The van der Waals surface area contributed by atoms with Crippen molar-refractivity contribution in [2.24, 2.45) is 0 Å². The van der Waals surface area contributed by atoms with E-state index in [0.29, 0.717) is 0 Å². The minimum atomic E-state index is -5.00. The van der Waals surface area contributed by atoms with Crippen LogP contribution >= 0.6 is 15.9 Å². The van der Waals surface area contributed by atoms with E-state index < -0.39 is 27.0 Å². The molecule has 0 unspecified atom stereocenters. The molecule has 0 aliphatic heterocycles. The van der Waals surface area contributed by atoms with Gasteiger partial charge in [-0.2, -0.15) is 0 Å². The maximum absolute atomic E-state index is 12.5. The van der Waals surface area contributed by atoms with E-state index in [1.807, 2.05) is 19.9 Å². The van der Waals surface area contributed by atoms with Gasteiger partial charge in [0, 0.05) is 11.0 Å². The van der Waals surface area contributed by atoms with Crippen LogP contribution in [0.5, 0.6) is 5.75 Å². The first-order valence-electron chi connectivity index (χ1n) is 7.09. The van der Waals surface area contributed by atoms with Crippen LogP contribution in [0.15, 0.2) is 45.8 Å². The zero-order valence-corrected chi connectivity index (χ0v) is 15.7. The monoisotopic (exact) mass is 437 g/mol. The van der Waals surface area contributed by atoms with Gasteiger partial charge in [0.2, 0.25) is 10.0 Å². The van der Waals surface area contributed by atoms with Gasteiger partial charge in [0.15, 0.2) is 5.75 Å². The van der Waals surface area contributed by atoms with Crippen LogP contribution in [-0.4, -0.2) is 14.8 Å². The van der Waals surface area contributed by atoms with E-state index in [9.17, 15) is 21.6 Å². The molecule has 0 fully saturated rings. The highest BCUT2D eigenvalue weighted by Gasteiger charge is 2.34. The smallest absolute Gasteiger partial charge is 0.404 e. The molecule has 0 radical (unpaired) electrons. The molecule has 0 amide bonds. The van der Waals surface area contributed by atoms with Crippen molar-refractivity contribution in [2.45, 2.75) is 31.7 Å². The summed E-state index contributed by atoms with van der Waals surface area (Å²) >= 11 is 3.00. The van der Waals surface area contributed by atoms with Crippen molar-refractivity contribution in [3.8, 4) is 5.75 Å². The molecular weight excluding hydrogens is 423 g/mol. The van der Waals surface area contributed by atoms with Crippen molar-refractivity contribution in [3.05, 3.63) is 57.6 Å². The predicted molar refractivity (Wildman–Crippen MR) is 90.8 cm³/mol. The Hall–Kier alpha value is -1.58. The first-order valence-corrected chi connectivity index (χ1v) is 9.37. The normalized spacial score (nSPS) is 12.2. The fourth-order valence-electron chi connectivity index (χ4n) is 2.16. The van der Waals surface area contributed by atoms with Gasteiger partial charge in [0.05, 0.1) is 0 Å². The molecule has 2 aromatic carbocycles. The number of hydrogen-bond donors (Lipinski definition) is 1. The van der Waals surface area contributed by atoms with Crippen molar-refractivity contribution in [2.75, 3.05) is 0 Å². The second-order valence-corrected chi connectivity index (χ2v) is 7.97. The number of rotatable bonds is 5. The number of nitrogens with one attached hydrogen (secondary N) is 1. The molecule has 0 atom stereocenters. The molecule has 0 aliphatic carbocycles. The summed E-state index contributed by atoms with van der Waals surface area (Å²) in [5, 5.41) is 0. The van der Waals surface area contributed by atoms with E-state index >= 15 is 0 Å². The largest absolute Gasteiger partial charge is 0.573 e. The lowest BCUT2D eigenvalue weighted by Crippen LogP contribution is -2.26. The van der Waals surface area contributed by atoms with Crippen LogP contribution in [0.3, 0.4) is 0 Å². The van der Waals surface area contributed by atoms with Crippen molar-refractivity contribution < 1.29 is 26.3 Å². The van der Waals surface area contributed by atoms with Crippen LogP contribution in [0.1, 0.15) is 16.7 Å². The lowest BCUT2D eigenvalue weighted by molar-refractivity contribution is -0.275. The van der Waals surface area contributed by atoms with Gasteiger partial charge in [0.1, 0.15) is 4.90 Å². The molecule has 2 aromatic rings. The van der Waals surface area contributed by atoms with E-state index in [2.05, 4.69) is 25.4 Å². The van der Waals surface area contributed by atoms with Gasteiger partial charge < -0.3 is 4.74 Å². The first kappa shape index (κ1) is 19.7. The summed E-state index contributed by atoms with van der Waals surface area (Å²) in [4.78, 5) is -0.585. The molecule has 0 aromatic heterocycles. The second-order valence-electron chi connectivity index (χ2n) is 5.32. The summed E-state index contributed by atoms with van der Waals surface area (Å²) in [5.41, 5.74) is 2.63. The van der Waals surface area contributed by atoms with Crippen molar-refractivity contribution in [3.63, 3.8) is 0 Å². The third-order valence-corrected chi connectivity index (χ3v) is 5.52. The minimum absolute atomic E-state index is 0.0443. The van der Waals surface area contributed by atoms with Gasteiger partial charge >= 0.3 is 6.36 Å². The molecule has 0 heterocycles. The lowest BCUT2D eigenvalue weighted by atomic mass is 10.0. The molecular formula is C16H15BrF3NO3S. The number of aryl methyl sites for hydroxylation is 1. The zero-order valence-electron chi connectivity index (χ0n) is 13.3. The summed E-state index contributed by atoms with van der Waals surface area (Å²) in [7, 11) is -4.20. The Morgan fingerprint density at radius 3 is 2.48 bits per heavy atom. The number of sulfonamides is 1. The number of hydrogen-bond acceptors (Lipinski definition) is 3. The molecule has 0 spiro atoms. The Morgan fingerprint density at radius 2 is 1.84 bits per heavy atom. The number of ether oxygens (including phenoxy) is 1. The van der Waals surface area contributed by atoms with Crippen LogP contribution in [-0.2, 0) is 16.6 Å². The molecule has 0 aliphatic rings. The average molecular weight is 438 g/mol. The molecule has 136 valence electrons. The standard InChI is InChI=1S/C16H15BrF3NO3S/c1-10-4-3-5-12(11(10)2)9-21-25(22,23)15-7-6-13(17)8-14(15)24-16(18,19)20/h3-8,21H,9H2,1-2H3. The summed E-state index contributed by atoms with van der Waals surface area (Å²) < 4.78 is 68.9. The van der Waals surface area contributed by atoms with Gasteiger partial charge in [-0.15, -0.1) is 13.2 Å². The van der Waals surface area contributed by atoms with Crippen LogP contribution in [0.2, 0.25) is 0 Å². The molecule has 0 bridgehead atoms. The van der Waals surface area contributed by atoms with Gasteiger partial charge in [0.25, 0.3) is 0 Å². The molecule has 25 heavy (non-hydrogen) atoms. The predicted octanol–water partition coefficient (Wildman–Crippen LogP) is 4.44. The van der Waals surface area contributed by atoms with E-state index in [1.165, 1.54) is 6.07 Å². The SMILES string of the molecule is Cc1cccc(CNS(=O)(=O)c2ccc(Br)cc2OC(F)(F)F)c1C. The molecule has 0 saturated carbocycles. The third-order valence-electron chi connectivity index (χ3n) is 3.59. The fourth-order valence-corrected chi connectivity index (χ4v) is 3.62. The summed E-state index contributed by atoms with van der Waals surface area (Å²) in [5.74, 6) is -0.796. The van der Waals surface area contributed by atoms with E-state index in [0.717, 1.165) is 28.8 Å². The Morgan fingerprint density at radius 1 is 1.16 bits per heavy atom. The molecule has 1 N–H and O–H groups in total. The van der Waals surface area contributed by atoms with Gasteiger partial charge in [-0.1, -0.05) is 34.1 Å². The Bertz CT molecular complexity index is 883. The topological polar surface area (TPSA) is 55.4 Å². The van der Waals surface area contributed by atoms with Gasteiger partial charge in [-0.25, -0.2) is 13.1 Å². The summed E-state index contributed by atoms with van der Waals surface area (Å²) in [6.07, 6.45) is -5.00. The maximum Gasteiger partial charge on any atom is 0.573 e. The second kappa shape index (κ2) is 7.35. The zero-order chi connectivity index (χ0) is 18.8. The van der Waals surface area contributed by atoms with Gasteiger partial charge in [-0.3, -0.25) is 0 Å². The molecule has 4 nitrogen and oxygen atoms in total. The van der Waals surface area contributed by atoms with E-state index in [-0.39, 0.29) is 11.0 Å². The van der Waals surface area contributed by atoms with Crippen LogP contribution in [0.4, 0.5) is 13.2 Å². The Labute approximate surface area is 152 Å². The van der Waals surface area contributed by atoms with Crippen molar-refractivity contribution in [1.29, 1.82) is 0 Å². The van der Waals surface area contributed by atoms with E-state index in [4.69, 9.17) is 0 Å². The summed E-state index contributed by atoms with van der Waals surface area (Å²) in [6.45, 7) is 3.69. The quantitative estimate of drug-likeness (QED) is 0.751. The van der Waals surface area contributed by atoms with E-state index in [1.54, 1.807) is 12.1 Å². The highest BCUT2D eigenvalue weighted by molar-refractivity contribution is 9.10. The average Bonchev–Trinajstić information content (AvgIpc) is 2.47. The first-order chi connectivity index (χ1) is 11.5. The number of benzene rings is 2. The van der Waals surface area contributed by atoms with Crippen LogP contribution < -0.4 is 9.46 Å². The van der Waals surface area contributed by atoms with Crippen molar-refractivity contribution in [1.82, 2.24) is 4.72 Å². The van der Waals surface area contributed by atoms with Crippen LogP contribution in [0, 0.1) is 13.8 Å². The lowest BCUT2D eigenvalue weighted by Gasteiger charge is -2.15. The molecule has 2 rings (SSSR count). The summed E-state index contributed by atoms with van der Waals surface area (Å²) in [6, 6.07) is 8.76. The van der Waals surface area contributed by atoms with Crippen LogP contribution in [0.25, 0.3) is 0 Å². The number of alkyl halides is 3. The molecule has 9 heteroatoms. The fraction of sp³-hybridized carbons (Fsp3) is 0.250. The Balaban J connectivity index is 2.32. The third kappa shape index (κ3) is 5.20. The van der Waals surface area contributed by atoms with Gasteiger partial charge in [-0.05, 0) is 48.7 Å². The Kier molecular flexibility index (Phi) is 5.80. The highest BCUT2D eigenvalue weighted by Crippen LogP contribution is 2.32.